The molecule has 1 atom stereocenters. The lowest BCUT2D eigenvalue weighted by Gasteiger charge is -2.15. The van der Waals surface area contributed by atoms with Gasteiger partial charge in [0, 0.05) is 10.9 Å². The van der Waals surface area contributed by atoms with Crippen molar-refractivity contribution in [1.29, 1.82) is 0 Å². The summed E-state index contributed by atoms with van der Waals surface area (Å²) in [6.07, 6.45) is 4.98. The fraction of sp³-hybridized carbons (Fsp3) is 0.714. The number of amides is 1. The molecule has 1 aliphatic rings. The monoisotopic (exact) mass is 281 g/mol. The average Bonchev–Trinajstić information content (AvgIpc) is 2.96. The minimum Gasteiger partial charge on any atom is -0.348 e. The molecule has 0 saturated heterocycles. The predicted octanol–water partition coefficient (Wildman–Crippen LogP) is 2.47. The Morgan fingerprint density at radius 1 is 1.42 bits per heavy atom. The number of aryl methyl sites for hydroxylation is 2. The molecule has 1 aliphatic carbocycles. The van der Waals surface area contributed by atoms with E-state index in [4.69, 9.17) is 0 Å². The molecule has 0 aromatic carbocycles. The Morgan fingerprint density at radius 2 is 2.11 bits per heavy atom. The number of hydrogen-bond donors (Lipinski definition) is 2. The van der Waals surface area contributed by atoms with E-state index in [1.54, 1.807) is 11.3 Å². The number of rotatable bonds is 5. The van der Waals surface area contributed by atoms with Gasteiger partial charge in [-0.2, -0.15) is 0 Å². The molecule has 2 N–H and O–H groups in total. The molecule has 1 aromatic rings. The van der Waals surface area contributed by atoms with Crippen molar-refractivity contribution in [2.24, 2.45) is 0 Å². The number of nitrogens with one attached hydrogen (secondary N) is 2. The molecular formula is C14H23N3OS. The van der Waals surface area contributed by atoms with E-state index in [1.807, 2.05) is 20.8 Å². The fourth-order valence-electron chi connectivity index (χ4n) is 2.67. The van der Waals surface area contributed by atoms with E-state index in [0.29, 0.717) is 12.6 Å². The molecule has 4 nitrogen and oxygen atoms in total. The highest BCUT2D eigenvalue weighted by atomic mass is 32.1. The maximum atomic E-state index is 11.9. The van der Waals surface area contributed by atoms with Gasteiger partial charge in [0.2, 0.25) is 5.91 Å². The van der Waals surface area contributed by atoms with E-state index in [-0.39, 0.29) is 11.9 Å². The van der Waals surface area contributed by atoms with E-state index in [9.17, 15) is 4.79 Å². The van der Waals surface area contributed by atoms with Gasteiger partial charge in [-0.1, -0.05) is 12.8 Å². The Kier molecular flexibility index (Phi) is 4.93. The van der Waals surface area contributed by atoms with Gasteiger partial charge >= 0.3 is 0 Å². The van der Waals surface area contributed by atoms with Gasteiger partial charge in [-0.15, -0.1) is 11.3 Å². The Morgan fingerprint density at radius 3 is 2.68 bits per heavy atom. The highest BCUT2D eigenvalue weighted by Gasteiger charge is 2.18. The predicted molar refractivity (Wildman–Crippen MR) is 78.4 cm³/mol. The third-order valence-electron chi connectivity index (χ3n) is 3.62. The maximum Gasteiger partial charge on any atom is 0.234 e. The summed E-state index contributed by atoms with van der Waals surface area (Å²) in [6.45, 7) is 6.44. The maximum absolute atomic E-state index is 11.9. The second kappa shape index (κ2) is 6.48. The van der Waals surface area contributed by atoms with Gasteiger partial charge in [0.05, 0.1) is 23.3 Å². The summed E-state index contributed by atoms with van der Waals surface area (Å²) in [7, 11) is 0. The van der Waals surface area contributed by atoms with Crippen LogP contribution in [0.1, 0.15) is 54.2 Å². The third-order valence-corrected chi connectivity index (χ3v) is 4.87. The standard InChI is InChI=1S/C14H23N3OS/c1-9-14(19-11(3)16-9)10(2)17-13(18)8-15-12-6-4-5-7-12/h10,12,15H,4-8H2,1-3H3,(H,17,18). The summed E-state index contributed by atoms with van der Waals surface area (Å²) in [5.41, 5.74) is 1.03. The van der Waals surface area contributed by atoms with Crippen molar-refractivity contribution in [3.05, 3.63) is 15.6 Å². The van der Waals surface area contributed by atoms with Gasteiger partial charge < -0.3 is 10.6 Å². The van der Waals surface area contributed by atoms with Gasteiger partial charge in [0.1, 0.15) is 0 Å². The van der Waals surface area contributed by atoms with Crippen LogP contribution in [0.25, 0.3) is 0 Å². The summed E-state index contributed by atoms with van der Waals surface area (Å²) in [5.74, 6) is 0.0739. The van der Waals surface area contributed by atoms with Gasteiger partial charge in [-0.3, -0.25) is 4.79 Å². The summed E-state index contributed by atoms with van der Waals surface area (Å²) in [4.78, 5) is 17.5. The molecule has 1 heterocycles. The molecule has 1 unspecified atom stereocenters. The van der Waals surface area contributed by atoms with E-state index in [0.717, 1.165) is 15.6 Å². The summed E-state index contributed by atoms with van der Waals surface area (Å²) < 4.78 is 0. The van der Waals surface area contributed by atoms with Gasteiger partial charge in [0.25, 0.3) is 0 Å². The van der Waals surface area contributed by atoms with Crippen LogP contribution in [0.15, 0.2) is 0 Å². The molecule has 1 fully saturated rings. The lowest BCUT2D eigenvalue weighted by molar-refractivity contribution is -0.121. The molecule has 1 amide bonds. The smallest absolute Gasteiger partial charge is 0.234 e. The molecular weight excluding hydrogens is 258 g/mol. The summed E-state index contributed by atoms with van der Waals surface area (Å²) in [6, 6.07) is 0.581. The van der Waals surface area contributed by atoms with Crippen LogP contribution in [0.4, 0.5) is 0 Å². The van der Waals surface area contributed by atoms with E-state index in [2.05, 4.69) is 15.6 Å². The molecule has 1 saturated carbocycles. The summed E-state index contributed by atoms with van der Waals surface area (Å²) >= 11 is 1.66. The second-order valence-corrected chi connectivity index (χ2v) is 6.57. The van der Waals surface area contributed by atoms with Crippen molar-refractivity contribution < 1.29 is 4.79 Å². The topological polar surface area (TPSA) is 54.0 Å². The Labute approximate surface area is 119 Å². The van der Waals surface area contributed by atoms with Crippen LogP contribution in [-0.2, 0) is 4.79 Å². The van der Waals surface area contributed by atoms with Crippen LogP contribution in [0, 0.1) is 13.8 Å². The van der Waals surface area contributed by atoms with Crippen LogP contribution in [0.3, 0.4) is 0 Å². The SMILES string of the molecule is Cc1nc(C)c(C(C)NC(=O)CNC2CCCC2)s1. The van der Waals surface area contributed by atoms with Gasteiger partial charge in [0.15, 0.2) is 0 Å². The molecule has 0 bridgehead atoms. The molecule has 1 aromatic heterocycles. The van der Waals surface area contributed by atoms with Crippen LogP contribution < -0.4 is 10.6 Å². The lowest BCUT2D eigenvalue weighted by atomic mass is 10.2. The number of carbonyl (C=O) groups is 1. The molecule has 0 aliphatic heterocycles. The molecule has 2 rings (SSSR count). The first-order valence-corrected chi connectivity index (χ1v) is 7.84. The average molecular weight is 281 g/mol. The molecule has 0 radical (unpaired) electrons. The number of carbonyl (C=O) groups excluding carboxylic acids is 1. The number of nitrogens with zero attached hydrogens (tertiary/aromatic N) is 1. The van der Waals surface area contributed by atoms with E-state index >= 15 is 0 Å². The third kappa shape index (κ3) is 4.01. The molecule has 0 spiro atoms. The Bertz CT molecular complexity index is 438. The fourth-order valence-corrected chi connectivity index (χ4v) is 3.60. The van der Waals surface area contributed by atoms with Crippen molar-refractivity contribution in [2.75, 3.05) is 6.54 Å². The normalized spacial score (nSPS) is 17.6. The van der Waals surface area contributed by atoms with Crippen molar-refractivity contribution in [1.82, 2.24) is 15.6 Å². The molecule has 19 heavy (non-hydrogen) atoms. The van der Waals surface area contributed by atoms with Crippen molar-refractivity contribution in [3.8, 4) is 0 Å². The molecule has 5 heteroatoms. The molecule has 106 valence electrons. The zero-order valence-electron chi connectivity index (χ0n) is 12.0. The van der Waals surface area contributed by atoms with Crippen molar-refractivity contribution >= 4 is 17.2 Å². The number of hydrogen-bond acceptors (Lipinski definition) is 4. The minimum atomic E-state index is 0.0454. The largest absolute Gasteiger partial charge is 0.348 e. The Hall–Kier alpha value is -0.940. The van der Waals surface area contributed by atoms with Gasteiger partial charge in [-0.25, -0.2) is 4.98 Å². The van der Waals surface area contributed by atoms with E-state index in [1.165, 1.54) is 25.7 Å². The van der Waals surface area contributed by atoms with Crippen LogP contribution in [-0.4, -0.2) is 23.5 Å². The van der Waals surface area contributed by atoms with Crippen LogP contribution in [0.5, 0.6) is 0 Å². The minimum absolute atomic E-state index is 0.0454. The highest BCUT2D eigenvalue weighted by Crippen LogP contribution is 2.24. The lowest BCUT2D eigenvalue weighted by Crippen LogP contribution is -2.39. The number of aromatic nitrogens is 1. The Balaban J connectivity index is 1.79. The van der Waals surface area contributed by atoms with Crippen LogP contribution >= 0.6 is 11.3 Å². The zero-order valence-corrected chi connectivity index (χ0v) is 12.8. The first kappa shape index (κ1) is 14.5. The van der Waals surface area contributed by atoms with Gasteiger partial charge in [-0.05, 0) is 33.6 Å². The quantitative estimate of drug-likeness (QED) is 0.872. The highest BCUT2D eigenvalue weighted by molar-refractivity contribution is 7.11. The van der Waals surface area contributed by atoms with Crippen molar-refractivity contribution in [3.63, 3.8) is 0 Å². The summed E-state index contributed by atoms with van der Waals surface area (Å²) in [5, 5.41) is 7.43. The first-order valence-electron chi connectivity index (χ1n) is 7.03. The second-order valence-electron chi connectivity index (χ2n) is 5.33. The van der Waals surface area contributed by atoms with E-state index < -0.39 is 0 Å². The first-order chi connectivity index (χ1) is 9.06. The van der Waals surface area contributed by atoms with Crippen molar-refractivity contribution in [2.45, 2.75) is 58.5 Å². The van der Waals surface area contributed by atoms with Crippen LogP contribution in [0.2, 0.25) is 0 Å². The zero-order chi connectivity index (χ0) is 13.8. The number of thiazole rings is 1.